The van der Waals surface area contributed by atoms with E-state index in [1.807, 2.05) is 13.0 Å². The summed E-state index contributed by atoms with van der Waals surface area (Å²) in [7, 11) is 0. The van der Waals surface area contributed by atoms with E-state index in [4.69, 9.17) is 20.8 Å². The summed E-state index contributed by atoms with van der Waals surface area (Å²) in [5.41, 5.74) is 1.25. The largest absolute Gasteiger partial charge is 0.471 e. The highest BCUT2D eigenvalue weighted by atomic mass is 35.5. The van der Waals surface area contributed by atoms with Gasteiger partial charge in [0.05, 0.1) is 12.8 Å². The van der Waals surface area contributed by atoms with Crippen molar-refractivity contribution in [1.29, 1.82) is 0 Å². The van der Waals surface area contributed by atoms with Crippen LogP contribution >= 0.6 is 11.6 Å². The summed E-state index contributed by atoms with van der Waals surface area (Å²) in [5, 5.41) is 7.62. The lowest BCUT2D eigenvalue weighted by atomic mass is 10.2. The molecule has 0 radical (unpaired) electrons. The van der Waals surface area contributed by atoms with Crippen LogP contribution in [0.4, 0.5) is 0 Å². The van der Waals surface area contributed by atoms with Crippen LogP contribution in [0.5, 0.6) is 5.75 Å². The van der Waals surface area contributed by atoms with Crippen molar-refractivity contribution in [2.24, 2.45) is 0 Å². The number of aryl methyl sites for hydroxylation is 1. The highest BCUT2D eigenvalue weighted by Gasteiger charge is 2.10. The monoisotopic (exact) mass is 345 g/mol. The molecule has 24 heavy (non-hydrogen) atoms. The molecule has 124 valence electrons. The highest BCUT2D eigenvalue weighted by Crippen LogP contribution is 2.21. The predicted molar refractivity (Wildman–Crippen MR) is 88.9 cm³/mol. The first-order valence-electron chi connectivity index (χ1n) is 7.35. The van der Waals surface area contributed by atoms with Gasteiger partial charge in [-0.2, -0.15) is 5.10 Å². The van der Waals surface area contributed by atoms with Crippen molar-refractivity contribution in [2.75, 3.05) is 0 Å². The molecule has 0 aliphatic rings. The molecule has 2 aromatic heterocycles. The molecular weight excluding hydrogens is 330 g/mol. The first-order valence-corrected chi connectivity index (χ1v) is 7.72. The molecule has 2 heterocycles. The van der Waals surface area contributed by atoms with E-state index in [2.05, 4.69) is 10.4 Å². The molecule has 0 saturated heterocycles. The Morgan fingerprint density at radius 2 is 2.25 bits per heavy atom. The molecule has 1 N–H and O–H groups in total. The van der Waals surface area contributed by atoms with E-state index >= 15 is 0 Å². The van der Waals surface area contributed by atoms with E-state index in [0.29, 0.717) is 28.8 Å². The first kappa shape index (κ1) is 16.1. The average Bonchev–Trinajstić information content (AvgIpc) is 3.25. The van der Waals surface area contributed by atoms with Gasteiger partial charge in [-0.15, -0.1) is 0 Å². The summed E-state index contributed by atoms with van der Waals surface area (Å²) in [6, 6.07) is 10.6. The Labute approximate surface area is 144 Å². The maximum absolute atomic E-state index is 12.0. The van der Waals surface area contributed by atoms with Crippen LogP contribution in [0.3, 0.4) is 0 Å². The Hall–Kier alpha value is -2.73. The van der Waals surface area contributed by atoms with Gasteiger partial charge in [0.15, 0.2) is 6.73 Å². The first-order chi connectivity index (χ1) is 11.6. The number of furan rings is 1. The van der Waals surface area contributed by atoms with Crippen molar-refractivity contribution >= 4 is 17.5 Å². The number of aromatic nitrogens is 2. The second-order valence-corrected chi connectivity index (χ2v) is 5.59. The van der Waals surface area contributed by atoms with E-state index in [1.54, 1.807) is 47.5 Å². The van der Waals surface area contributed by atoms with Crippen LogP contribution in [0.25, 0.3) is 0 Å². The van der Waals surface area contributed by atoms with E-state index in [0.717, 1.165) is 5.56 Å². The van der Waals surface area contributed by atoms with Gasteiger partial charge in [0, 0.05) is 11.2 Å². The second kappa shape index (κ2) is 7.23. The third-order valence-electron chi connectivity index (χ3n) is 3.37. The molecule has 0 spiro atoms. The SMILES string of the molecule is Cc1cc(OCn2ccc(C(=O)NCc3ccco3)n2)ccc1Cl. The smallest absolute Gasteiger partial charge is 0.272 e. The number of hydrogen-bond donors (Lipinski definition) is 1. The van der Waals surface area contributed by atoms with Gasteiger partial charge in [0.1, 0.15) is 17.2 Å². The van der Waals surface area contributed by atoms with Gasteiger partial charge in [0.25, 0.3) is 5.91 Å². The standard InChI is InChI=1S/C17H16ClN3O3/c1-12-9-13(4-5-15(12)18)24-11-21-7-6-16(20-21)17(22)19-10-14-3-2-8-23-14/h2-9H,10-11H2,1H3,(H,19,22). The molecule has 7 heteroatoms. The molecular formula is C17H16ClN3O3. The molecule has 1 aromatic carbocycles. The Morgan fingerprint density at radius 1 is 1.38 bits per heavy atom. The summed E-state index contributed by atoms with van der Waals surface area (Å²) in [6.07, 6.45) is 3.25. The predicted octanol–water partition coefficient (Wildman–Crippen LogP) is 3.40. The van der Waals surface area contributed by atoms with Crippen LogP contribution < -0.4 is 10.1 Å². The molecule has 0 unspecified atom stereocenters. The van der Waals surface area contributed by atoms with Crippen molar-refractivity contribution in [3.05, 3.63) is 70.9 Å². The Morgan fingerprint density at radius 3 is 3.00 bits per heavy atom. The van der Waals surface area contributed by atoms with Crippen LogP contribution in [0.1, 0.15) is 21.8 Å². The van der Waals surface area contributed by atoms with Gasteiger partial charge in [0.2, 0.25) is 0 Å². The zero-order valence-corrected chi connectivity index (χ0v) is 13.8. The number of carbonyl (C=O) groups is 1. The van der Waals surface area contributed by atoms with Crippen LogP contribution in [-0.4, -0.2) is 15.7 Å². The minimum Gasteiger partial charge on any atom is -0.471 e. The number of carbonyl (C=O) groups excluding carboxylic acids is 1. The molecule has 0 atom stereocenters. The number of amides is 1. The van der Waals surface area contributed by atoms with Gasteiger partial charge in [-0.25, -0.2) is 4.68 Å². The van der Waals surface area contributed by atoms with Crippen LogP contribution in [0.2, 0.25) is 5.02 Å². The number of nitrogens with zero attached hydrogens (tertiary/aromatic N) is 2. The van der Waals surface area contributed by atoms with Crippen molar-refractivity contribution in [3.8, 4) is 5.75 Å². The molecule has 0 aliphatic carbocycles. The minimum absolute atomic E-state index is 0.201. The van der Waals surface area contributed by atoms with Gasteiger partial charge >= 0.3 is 0 Å². The number of nitrogens with one attached hydrogen (secondary N) is 1. The summed E-state index contributed by atoms with van der Waals surface area (Å²) < 4.78 is 12.3. The summed E-state index contributed by atoms with van der Waals surface area (Å²) >= 11 is 5.98. The second-order valence-electron chi connectivity index (χ2n) is 5.19. The molecule has 0 fully saturated rings. The van der Waals surface area contributed by atoms with Crippen LogP contribution in [-0.2, 0) is 13.3 Å². The van der Waals surface area contributed by atoms with E-state index in [-0.39, 0.29) is 12.6 Å². The number of halogens is 1. The quantitative estimate of drug-likeness (QED) is 0.743. The van der Waals surface area contributed by atoms with Crippen LogP contribution in [0, 0.1) is 6.92 Å². The normalized spacial score (nSPS) is 10.6. The minimum atomic E-state index is -0.271. The zero-order chi connectivity index (χ0) is 16.9. The fraction of sp³-hybridized carbons (Fsp3) is 0.176. The topological polar surface area (TPSA) is 69.3 Å². The molecule has 1 amide bonds. The highest BCUT2D eigenvalue weighted by molar-refractivity contribution is 6.31. The number of rotatable bonds is 6. The number of ether oxygens (including phenoxy) is 1. The van der Waals surface area contributed by atoms with Crippen molar-refractivity contribution in [1.82, 2.24) is 15.1 Å². The molecule has 0 bridgehead atoms. The van der Waals surface area contributed by atoms with E-state index < -0.39 is 0 Å². The molecule has 0 saturated carbocycles. The van der Waals surface area contributed by atoms with Gasteiger partial charge in [-0.05, 0) is 48.9 Å². The Kier molecular flexibility index (Phi) is 4.86. The van der Waals surface area contributed by atoms with Crippen LogP contribution in [0.15, 0.2) is 53.3 Å². The maximum atomic E-state index is 12.0. The lowest BCUT2D eigenvalue weighted by Crippen LogP contribution is -2.23. The molecule has 0 aliphatic heterocycles. The van der Waals surface area contributed by atoms with Gasteiger partial charge in [-0.1, -0.05) is 11.6 Å². The van der Waals surface area contributed by atoms with Crippen molar-refractivity contribution in [3.63, 3.8) is 0 Å². The average molecular weight is 346 g/mol. The molecule has 3 aromatic rings. The fourth-order valence-electron chi connectivity index (χ4n) is 2.07. The Bertz CT molecular complexity index is 827. The van der Waals surface area contributed by atoms with E-state index in [9.17, 15) is 4.79 Å². The number of hydrogen-bond acceptors (Lipinski definition) is 4. The summed E-state index contributed by atoms with van der Waals surface area (Å²) in [5.74, 6) is 1.10. The Balaban J connectivity index is 1.54. The van der Waals surface area contributed by atoms with E-state index in [1.165, 1.54) is 0 Å². The molecule has 6 nitrogen and oxygen atoms in total. The van der Waals surface area contributed by atoms with Crippen molar-refractivity contribution in [2.45, 2.75) is 20.2 Å². The summed E-state index contributed by atoms with van der Waals surface area (Å²) in [4.78, 5) is 12.0. The lowest BCUT2D eigenvalue weighted by Gasteiger charge is -2.07. The summed E-state index contributed by atoms with van der Waals surface area (Å²) in [6.45, 7) is 2.43. The van der Waals surface area contributed by atoms with Crippen molar-refractivity contribution < 1.29 is 13.9 Å². The third-order valence-corrected chi connectivity index (χ3v) is 3.79. The number of benzene rings is 1. The lowest BCUT2D eigenvalue weighted by molar-refractivity contribution is 0.0941. The zero-order valence-electron chi connectivity index (χ0n) is 13.0. The fourth-order valence-corrected chi connectivity index (χ4v) is 2.19. The van der Waals surface area contributed by atoms with Gasteiger partial charge in [-0.3, -0.25) is 4.79 Å². The maximum Gasteiger partial charge on any atom is 0.272 e. The van der Waals surface area contributed by atoms with Gasteiger partial charge < -0.3 is 14.5 Å². The molecule has 3 rings (SSSR count). The third kappa shape index (κ3) is 3.97.